The number of nitrogens with one attached hydrogen (secondary N) is 2. The number of hydrogen-bond acceptors (Lipinski definition) is 6. The number of carbonyl (C=O) groups is 2. The van der Waals surface area contributed by atoms with Gasteiger partial charge in [-0.25, -0.2) is 0 Å². The molecular weight excluding hydrogens is 396 g/mol. The number of aromatic nitrogens is 1. The van der Waals surface area contributed by atoms with Crippen LogP contribution in [0.2, 0.25) is 5.02 Å². The summed E-state index contributed by atoms with van der Waals surface area (Å²) in [6.07, 6.45) is 0. The number of amides is 2. The van der Waals surface area contributed by atoms with Crippen molar-refractivity contribution in [2.24, 2.45) is 0 Å². The van der Waals surface area contributed by atoms with E-state index in [1.54, 1.807) is 55.5 Å². The Morgan fingerprint density at radius 3 is 2.66 bits per heavy atom. The fraction of sp³-hybridized carbons (Fsp3) is 0.100. The maximum absolute atomic E-state index is 12.6. The molecule has 2 N–H and O–H groups in total. The van der Waals surface area contributed by atoms with Crippen LogP contribution in [0.4, 0.5) is 0 Å². The second-order valence-corrected chi connectivity index (χ2v) is 6.25. The van der Waals surface area contributed by atoms with Gasteiger partial charge in [-0.1, -0.05) is 47.1 Å². The molecule has 2 amide bonds. The van der Waals surface area contributed by atoms with Crippen molar-refractivity contribution >= 4 is 23.4 Å². The fourth-order valence-corrected chi connectivity index (χ4v) is 2.76. The zero-order valence-electron chi connectivity index (χ0n) is 15.2. The van der Waals surface area contributed by atoms with Crippen LogP contribution in [0, 0.1) is 18.3 Å². The molecule has 2 aromatic carbocycles. The summed E-state index contributed by atoms with van der Waals surface area (Å²) in [5.41, 5.74) is 5.78. The minimum absolute atomic E-state index is 0.147. The van der Waals surface area contributed by atoms with Crippen molar-refractivity contribution in [3.63, 3.8) is 0 Å². The summed E-state index contributed by atoms with van der Waals surface area (Å²) in [6, 6.07) is 15.4. The molecule has 0 aliphatic carbocycles. The van der Waals surface area contributed by atoms with Crippen LogP contribution in [-0.2, 0) is 4.79 Å². The van der Waals surface area contributed by atoms with Crippen LogP contribution in [0.15, 0.2) is 53.1 Å². The molecule has 8 nitrogen and oxygen atoms in total. The van der Waals surface area contributed by atoms with Gasteiger partial charge in [-0.2, -0.15) is 5.26 Å². The van der Waals surface area contributed by atoms with Gasteiger partial charge in [0.2, 0.25) is 0 Å². The molecule has 0 saturated heterocycles. The quantitative estimate of drug-likeness (QED) is 0.624. The summed E-state index contributed by atoms with van der Waals surface area (Å²) in [6.45, 7) is 1.19. The second-order valence-electron chi connectivity index (χ2n) is 5.84. The average Bonchev–Trinajstić information content (AvgIpc) is 3.12. The van der Waals surface area contributed by atoms with E-state index >= 15 is 0 Å². The fourth-order valence-electron chi connectivity index (χ4n) is 2.53. The van der Waals surface area contributed by atoms with E-state index in [1.165, 1.54) is 0 Å². The Labute approximate surface area is 171 Å². The number of halogens is 1. The third kappa shape index (κ3) is 4.54. The molecule has 0 aliphatic heterocycles. The number of ether oxygens (including phenoxy) is 1. The summed E-state index contributed by atoms with van der Waals surface area (Å²) in [4.78, 5) is 24.5. The summed E-state index contributed by atoms with van der Waals surface area (Å²) in [5.74, 6) is -0.692. The average molecular weight is 411 g/mol. The van der Waals surface area contributed by atoms with E-state index in [4.69, 9.17) is 26.1 Å². The molecule has 0 radical (unpaired) electrons. The first-order valence-corrected chi connectivity index (χ1v) is 8.81. The van der Waals surface area contributed by atoms with Gasteiger partial charge in [-0.15, -0.1) is 0 Å². The number of nitrogens with zero attached hydrogens (tertiary/aromatic N) is 2. The van der Waals surface area contributed by atoms with Gasteiger partial charge in [-0.3, -0.25) is 20.4 Å². The lowest BCUT2D eigenvalue weighted by molar-refractivity contribution is -0.123. The van der Waals surface area contributed by atoms with Gasteiger partial charge < -0.3 is 9.26 Å². The van der Waals surface area contributed by atoms with Crippen LogP contribution in [-0.4, -0.2) is 23.6 Å². The summed E-state index contributed by atoms with van der Waals surface area (Å²) < 4.78 is 10.4. The van der Waals surface area contributed by atoms with Crippen molar-refractivity contribution in [3.8, 4) is 23.1 Å². The Morgan fingerprint density at radius 1 is 1.17 bits per heavy atom. The molecule has 0 fully saturated rings. The highest BCUT2D eigenvalue weighted by Gasteiger charge is 2.23. The Morgan fingerprint density at radius 2 is 1.90 bits per heavy atom. The largest absolute Gasteiger partial charge is 0.482 e. The molecule has 0 saturated carbocycles. The van der Waals surface area contributed by atoms with Crippen molar-refractivity contribution in [2.75, 3.05) is 6.61 Å². The summed E-state index contributed by atoms with van der Waals surface area (Å²) >= 11 is 6.17. The highest BCUT2D eigenvalue weighted by molar-refractivity contribution is 6.33. The van der Waals surface area contributed by atoms with Crippen molar-refractivity contribution < 1.29 is 18.8 Å². The van der Waals surface area contributed by atoms with E-state index in [0.29, 0.717) is 16.1 Å². The van der Waals surface area contributed by atoms with Crippen LogP contribution < -0.4 is 15.6 Å². The first-order valence-electron chi connectivity index (χ1n) is 8.43. The molecule has 0 unspecified atom stereocenters. The third-order valence-electron chi connectivity index (χ3n) is 3.90. The Kier molecular flexibility index (Phi) is 6.12. The molecule has 9 heteroatoms. The van der Waals surface area contributed by atoms with Gasteiger partial charge in [0, 0.05) is 5.56 Å². The molecule has 0 spiro atoms. The second kappa shape index (κ2) is 8.91. The van der Waals surface area contributed by atoms with Gasteiger partial charge in [-0.05, 0) is 25.1 Å². The maximum Gasteiger partial charge on any atom is 0.276 e. The standard InChI is InChI=1S/C20H15ClN4O4/c1-12-18(19(25-29-12)14-7-3-4-8-15(14)21)20(27)24-23-17(26)11-28-16-9-5-2-6-13(16)10-22/h2-9H,11H2,1H3,(H,23,26)(H,24,27). The molecule has 0 atom stereocenters. The summed E-state index contributed by atoms with van der Waals surface area (Å²) in [7, 11) is 0. The first kappa shape index (κ1) is 19.9. The number of benzene rings is 2. The molecular formula is C20H15ClN4O4. The van der Waals surface area contributed by atoms with E-state index in [9.17, 15) is 9.59 Å². The lowest BCUT2D eigenvalue weighted by atomic mass is 10.1. The van der Waals surface area contributed by atoms with Gasteiger partial charge in [0.25, 0.3) is 11.8 Å². The summed E-state index contributed by atoms with van der Waals surface area (Å²) in [5, 5.41) is 13.3. The molecule has 3 aromatic rings. The zero-order valence-corrected chi connectivity index (χ0v) is 16.0. The van der Waals surface area contributed by atoms with Crippen molar-refractivity contribution in [1.29, 1.82) is 5.26 Å². The van der Waals surface area contributed by atoms with E-state index in [1.807, 2.05) is 6.07 Å². The lowest BCUT2D eigenvalue weighted by Crippen LogP contribution is -2.44. The van der Waals surface area contributed by atoms with Gasteiger partial charge >= 0.3 is 0 Å². The van der Waals surface area contributed by atoms with Gasteiger partial charge in [0.1, 0.15) is 28.8 Å². The lowest BCUT2D eigenvalue weighted by Gasteiger charge is -2.10. The minimum atomic E-state index is -0.621. The maximum atomic E-state index is 12.6. The smallest absolute Gasteiger partial charge is 0.276 e. The predicted octanol–water partition coefficient (Wildman–Crippen LogP) is 3.02. The number of nitriles is 1. The van der Waals surface area contributed by atoms with Crippen molar-refractivity contribution in [3.05, 3.63) is 70.4 Å². The number of hydrazine groups is 1. The Hall–Kier alpha value is -3.83. The zero-order chi connectivity index (χ0) is 20.8. The number of hydrogen-bond donors (Lipinski definition) is 2. The highest BCUT2D eigenvalue weighted by Crippen LogP contribution is 2.30. The van der Waals surface area contributed by atoms with Crippen LogP contribution in [0.3, 0.4) is 0 Å². The van der Waals surface area contributed by atoms with Crippen molar-refractivity contribution in [1.82, 2.24) is 16.0 Å². The molecule has 29 heavy (non-hydrogen) atoms. The van der Waals surface area contributed by atoms with E-state index in [-0.39, 0.29) is 29.4 Å². The van der Waals surface area contributed by atoms with E-state index in [2.05, 4.69) is 16.0 Å². The normalized spacial score (nSPS) is 10.1. The Balaban J connectivity index is 1.64. The van der Waals surface area contributed by atoms with Crippen LogP contribution >= 0.6 is 11.6 Å². The van der Waals surface area contributed by atoms with Gasteiger partial charge in [0.05, 0.1) is 10.6 Å². The molecule has 0 aliphatic rings. The van der Waals surface area contributed by atoms with Crippen molar-refractivity contribution in [2.45, 2.75) is 6.92 Å². The molecule has 0 bridgehead atoms. The molecule has 146 valence electrons. The van der Waals surface area contributed by atoms with Crippen LogP contribution in [0.5, 0.6) is 5.75 Å². The Bertz CT molecular complexity index is 1100. The van der Waals surface area contributed by atoms with Gasteiger partial charge in [0.15, 0.2) is 6.61 Å². The molecule has 1 heterocycles. The minimum Gasteiger partial charge on any atom is -0.482 e. The topological polar surface area (TPSA) is 117 Å². The number of aryl methyl sites for hydroxylation is 1. The monoisotopic (exact) mass is 410 g/mol. The van der Waals surface area contributed by atoms with Crippen LogP contribution in [0.1, 0.15) is 21.7 Å². The SMILES string of the molecule is Cc1onc(-c2ccccc2Cl)c1C(=O)NNC(=O)COc1ccccc1C#N. The number of para-hydroxylation sites is 1. The van der Waals surface area contributed by atoms with E-state index < -0.39 is 11.8 Å². The first-order chi connectivity index (χ1) is 14.0. The highest BCUT2D eigenvalue weighted by atomic mass is 35.5. The number of rotatable bonds is 5. The third-order valence-corrected chi connectivity index (χ3v) is 4.23. The predicted molar refractivity (Wildman–Crippen MR) is 104 cm³/mol. The molecule has 3 rings (SSSR count). The molecule has 1 aromatic heterocycles. The van der Waals surface area contributed by atoms with E-state index in [0.717, 1.165) is 0 Å². The number of carbonyl (C=O) groups excluding carboxylic acids is 2. The van der Waals surface area contributed by atoms with Crippen LogP contribution in [0.25, 0.3) is 11.3 Å².